The van der Waals surface area contributed by atoms with Crippen LogP contribution in [0.15, 0.2) is 23.0 Å². The number of hydrogen-bond donors (Lipinski definition) is 0. The van der Waals surface area contributed by atoms with Gasteiger partial charge in [0.1, 0.15) is 0 Å². The van der Waals surface area contributed by atoms with Gasteiger partial charge in [0, 0.05) is 18.7 Å². The monoisotopic (exact) mass is 305 g/mol. The van der Waals surface area contributed by atoms with Crippen LogP contribution in [-0.4, -0.2) is 43.9 Å². The summed E-state index contributed by atoms with van der Waals surface area (Å²) < 4.78 is 17.0. The Morgan fingerprint density at radius 3 is 2.82 bits per heavy atom. The zero-order valence-corrected chi connectivity index (χ0v) is 13.3. The Bertz CT molecular complexity index is 461. The molecule has 0 radical (unpaired) electrons. The van der Waals surface area contributed by atoms with Crippen molar-refractivity contribution < 1.29 is 13.9 Å². The quantitative estimate of drug-likeness (QED) is 0.809. The number of rotatable bonds is 6. The van der Waals surface area contributed by atoms with E-state index >= 15 is 0 Å². The summed E-state index contributed by atoms with van der Waals surface area (Å²) in [4.78, 5) is 2.53. The zero-order chi connectivity index (χ0) is 14.8. The van der Waals surface area contributed by atoms with Crippen LogP contribution in [0, 0.1) is 11.3 Å². The standard InChI is InChI=1S/C18H27NO3/c1-2-15(1)11-21-13-17-9-18(14-22-17)4-6-19(7-5-18)10-16-3-8-20-12-16/h3,8,12,15,17H,1-2,4-7,9-11,13-14H2/t17-/m0/s1. The predicted octanol–water partition coefficient (Wildman–Crippen LogP) is 3.08. The summed E-state index contributed by atoms with van der Waals surface area (Å²) in [5, 5.41) is 0. The first kappa shape index (κ1) is 14.7. The van der Waals surface area contributed by atoms with Gasteiger partial charge in [-0.2, -0.15) is 0 Å². The topological polar surface area (TPSA) is 34.8 Å². The fraction of sp³-hybridized carbons (Fsp3) is 0.778. The highest BCUT2D eigenvalue weighted by molar-refractivity contribution is 5.05. The Balaban J connectivity index is 1.20. The summed E-state index contributed by atoms with van der Waals surface area (Å²) in [5.41, 5.74) is 1.70. The minimum absolute atomic E-state index is 0.333. The third-order valence-electron chi connectivity index (χ3n) is 5.54. The number of ether oxygens (including phenoxy) is 2. The highest BCUT2D eigenvalue weighted by Crippen LogP contribution is 2.42. The van der Waals surface area contributed by atoms with E-state index in [9.17, 15) is 0 Å². The molecule has 0 amide bonds. The van der Waals surface area contributed by atoms with E-state index in [1.807, 2.05) is 6.26 Å². The Morgan fingerprint density at radius 2 is 2.09 bits per heavy atom. The van der Waals surface area contributed by atoms with E-state index in [1.165, 1.54) is 50.8 Å². The van der Waals surface area contributed by atoms with Gasteiger partial charge in [0.2, 0.25) is 0 Å². The van der Waals surface area contributed by atoms with Crippen molar-refractivity contribution in [1.82, 2.24) is 4.90 Å². The van der Waals surface area contributed by atoms with Gasteiger partial charge in [-0.05, 0) is 62.6 Å². The third-order valence-corrected chi connectivity index (χ3v) is 5.54. The molecule has 1 atom stereocenters. The number of hydrogen-bond acceptors (Lipinski definition) is 4. The Kier molecular flexibility index (Phi) is 4.25. The molecule has 2 saturated heterocycles. The summed E-state index contributed by atoms with van der Waals surface area (Å²) in [7, 11) is 0. The van der Waals surface area contributed by atoms with Crippen LogP contribution in [0.3, 0.4) is 0 Å². The molecule has 4 rings (SSSR count). The van der Waals surface area contributed by atoms with E-state index in [1.54, 1.807) is 6.26 Å². The van der Waals surface area contributed by atoms with Gasteiger partial charge < -0.3 is 13.9 Å². The van der Waals surface area contributed by atoms with Crippen LogP contribution >= 0.6 is 0 Å². The van der Waals surface area contributed by atoms with Crippen molar-refractivity contribution in [1.29, 1.82) is 0 Å². The Labute approximate surface area is 132 Å². The van der Waals surface area contributed by atoms with Crippen LogP contribution in [0.1, 0.15) is 37.7 Å². The van der Waals surface area contributed by atoms with E-state index in [0.717, 1.165) is 32.3 Å². The molecule has 0 N–H and O–H groups in total. The normalized spacial score (nSPS) is 28.5. The van der Waals surface area contributed by atoms with Crippen molar-refractivity contribution >= 4 is 0 Å². The van der Waals surface area contributed by atoms with Gasteiger partial charge in [0.05, 0.1) is 31.8 Å². The Morgan fingerprint density at radius 1 is 1.23 bits per heavy atom. The first-order valence-corrected chi connectivity index (χ1v) is 8.74. The molecule has 4 heteroatoms. The first-order valence-electron chi connectivity index (χ1n) is 8.74. The molecule has 1 aromatic heterocycles. The van der Waals surface area contributed by atoms with Crippen molar-refractivity contribution in [2.75, 3.05) is 32.9 Å². The van der Waals surface area contributed by atoms with Gasteiger partial charge in [-0.15, -0.1) is 0 Å². The van der Waals surface area contributed by atoms with Crippen molar-refractivity contribution in [2.45, 2.75) is 44.8 Å². The lowest BCUT2D eigenvalue weighted by Gasteiger charge is -2.38. The molecular formula is C18H27NO3. The molecule has 1 aromatic rings. The zero-order valence-electron chi connectivity index (χ0n) is 13.3. The van der Waals surface area contributed by atoms with Crippen LogP contribution in [0.25, 0.3) is 0 Å². The fourth-order valence-corrected chi connectivity index (χ4v) is 3.83. The summed E-state index contributed by atoms with van der Waals surface area (Å²) in [5.74, 6) is 0.849. The van der Waals surface area contributed by atoms with Crippen molar-refractivity contribution in [3.63, 3.8) is 0 Å². The smallest absolute Gasteiger partial charge is 0.0947 e. The molecule has 4 nitrogen and oxygen atoms in total. The highest BCUT2D eigenvalue weighted by atomic mass is 16.5. The van der Waals surface area contributed by atoms with Crippen LogP contribution in [0.5, 0.6) is 0 Å². The van der Waals surface area contributed by atoms with E-state index in [0.29, 0.717) is 11.5 Å². The van der Waals surface area contributed by atoms with Gasteiger partial charge in [0.25, 0.3) is 0 Å². The maximum atomic E-state index is 6.03. The lowest BCUT2D eigenvalue weighted by Crippen LogP contribution is -2.40. The second-order valence-electron chi connectivity index (χ2n) is 7.53. The van der Waals surface area contributed by atoms with Crippen LogP contribution in [0.4, 0.5) is 0 Å². The molecule has 22 heavy (non-hydrogen) atoms. The number of furan rings is 1. The maximum absolute atomic E-state index is 6.03. The maximum Gasteiger partial charge on any atom is 0.0947 e. The van der Waals surface area contributed by atoms with E-state index in [-0.39, 0.29) is 0 Å². The number of nitrogens with zero attached hydrogens (tertiary/aromatic N) is 1. The average Bonchev–Trinajstić information content (AvgIpc) is 3.05. The molecular weight excluding hydrogens is 278 g/mol. The summed E-state index contributed by atoms with van der Waals surface area (Å²) >= 11 is 0. The second-order valence-corrected chi connectivity index (χ2v) is 7.53. The molecule has 3 aliphatic rings. The Hall–Kier alpha value is -0.840. The molecule has 0 aromatic carbocycles. The van der Waals surface area contributed by atoms with Gasteiger partial charge in [-0.1, -0.05) is 0 Å². The summed E-state index contributed by atoms with van der Waals surface area (Å²) in [6.07, 6.45) is 10.4. The predicted molar refractivity (Wildman–Crippen MR) is 83.6 cm³/mol. The van der Waals surface area contributed by atoms with Crippen LogP contribution < -0.4 is 0 Å². The van der Waals surface area contributed by atoms with Gasteiger partial charge in [-0.25, -0.2) is 0 Å². The van der Waals surface area contributed by atoms with Gasteiger partial charge in [0.15, 0.2) is 0 Å². The van der Waals surface area contributed by atoms with Crippen LogP contribution in [-0.2, 0) is 16.0 Å². The van der Waals surface area contributed by atoms with Crippen molar-refractivity contribution in [2.24, 2.45) is 11.3 Å². The highest BCUT2D eigenvalue weighted by Gasteiger charge is 2.42. The first-order chi connectivity index (χ1) is 10.8. The molecule has 1 saturated carbocycles. The van der Waals surface area contributed by atoms with E-state index < -0.39 is 0 Å². The molecule has 1 aliphatic carbocycles. The molecule has 0 unspecified atom stereocenters. The lowest BCUT2D eigenvalue weighted by atomic mass is 9.76. The molecule has 122 valence electrons. The third kappa shape index (κ3) is 3.55. The summed E-state index contributed by atoms with van der Waals surface area (Å²) in [6.45, 7) is 6.04. The molecule has 3 heterocycles. The SMILES string of the molecule is c1cc(CN2CCC3(CC2)CO[C@H](COCC2CC2)C3)co1. The molecule has 0 bridgehead atoms. The van der Waals surface area contributed by atoms with Gasteiger partial charge in [-0.3, -0.25) is 4.90 Å². The molecule has 1 spiro atoms. The number of likely N-dealkylation sites (tertiary alicyclic amines) is 1. The number of piperidine rings is 1. The van der Waals surface area contributed by atoms with Crippen LogP contribution in [0.2, 0.25) is 0 Å². The summed E-state index contributed by atoms with van der Waals surface area (Å²) in [6, 6.07) is 2.07. The van der Waals surface area contributed by atoms with E-state index in [4.69, 9.17) is 13.9 Å². The largest absolute Gasteiger partial charge is 0.472 e. The van der Waals surface area contributed by atoms with Crippen molar-refractivity contribution in [3.05, 3.63) is 24.2 Å². The average molecular weight is 305 g/mol. The van der Waals surface area contributed by atoms with E-state index in [2.05, 4.69) is 11.0 Å². The van der Waals surface area contributed by atoms with Gasteiger partial charge >= 0.3 is 0 Å². The lowest BCUT2D eigenvalue weighted by molar-refractivity contribution is 0.00917. The molecule has 3 fully saturated rings. The second kappa shape index (κ2) is 6.34. The van der Waals surface area contributed by atoms with Crippen molar-refractivity contribution in [3.8, 4) is 0 Å². The minimum atomic E-state index is 0.333. The minimum Gasteiger partial charge on any atom is -0.472 e. The fourth-order valence-electron chi connectivity index (χ4n) is 3.83. The molecule has 2 aliphatic heterocycles.